The summed E-state index contributed by atoms with van der Waals surface area (Å²) in [4.78, 5) is 0.329. The van der Waals surface area contributed by atoms with Crippen molar-refractivity contribution in [1.82, 2.24) is 4.31 Å². The number of nitrogens with zero attached hydrogens (tertiary/aromatic N) is 1. The molecule has 1 aromatic rings. The zero-order chi connectivity index (χ0) is 12.9. The molecule has 0 spiro atoms. The zero-order valence-corrected chi connectivity index (χ0v) is 10.8. The van der Waals surface area contributed by atoms with Crippen LogP contribution in [0.1, 0.15) is 5.56 Å². The molecule has 1 aromatic carbocycles. The molecule has 0 saturated heterocycles. The van der Waals surface area contributed by atoms with E-state index >= 15 is 0 Å². The lowest BCUT2D eigenvalue weighted by molar-refractivity contribution is 0.449. The molecule has 0 saturated carbocycles. The van der Waals surface area contributed by atoms with Gasteiger partial charge in [-0.2, -0.15) is 4.31 Å². The molecule has 2 N–H and O–H groups in total. The predicted octanol–water partition coefficient (Wildman–Crippen LogP) is 1.13. The van der Waals surface area contributed by atoms with Gasteiger partial charge in [0.1, 0.15) is 0 Å². The molecule has 0 heterocycles. The normalized spacial score (nSPS) is 11.7. The first-order chi connectivity index (χ1) is 8.04. The predicted molar refractivity (Wildman–Crippen MR) is 69.2 cm³/mol. The SMILES string of the molecule is C=CCN(CCN)S(=O)(=O)c1ccccc1C. The molecule has 0 aliphatic rings. The highest BCUT2D eigenvalue weighted by molar-refractivity contribution is 7.89. The number of rotatable bonds is 6. The van der Waals surface area contributed by atoms with E-state index < -0.39 is 10.0 Å². The molecule has 5 heteroatoms. The van der Waals surface area contributed by atoms with Crippen LogP contribution < -0.4 is 5.73 Å². The molecule has 94 valence electrons. The monoisotopic (exact) mass is 254 g/mol. The van der Waals surface area contributed by atoms with Crippen LogP contribution in [0.4, 0.5) is 0 Å². The molecule has 0 radical (unpaired) electrons. The van der Waals surface area contributed by atoms with Gasteiger partial charge in [0.25, 0.3) is 0 Å². The van der Waals surface area contributed by atoms with E-state index in [-0.39, 0.29) is 6.54 Å². The topological polar surface area (TPSA) is 63.4 Å². The van der Waals surface area contributed by atoms with Gasteiger partial charge >= 0.3 is 0 Å². The van der Waals surface area contributed by atoms with Crippen LogP contribution in [0, 0.1) is 6.92 Å². The van der Waals surface area contributed by atoms with Crippen molar-refractivity contribution in [3.05, 3.63) is 42.5 Å². The van der Waals surface area contributed by atoms with E-state index in [1.54, 1.807) is 31.2 Å². The summed E-state index contributed by atoms with van der Waals surface area (Å²) < 4.78 is 26.0. The molecular weight excluding hydrogens is 236 g/mol. The molecule has 17 heavy (non-hydrogen) atoms. The fraction of sp³-hybridized carbons (Fsp3) is 0.333. The Morgan fingerprint density at radius 3 is 2.59 bits per heavy atom. The molecule has 0 aromatic heterocycles. The number of sulfonamides is 1. The molecule has 4 nitrogen and oxygen atoms in total. The van der Waals surface area contributed by atoms with Crippen molar-refractivity contribution in [2.45, 2.75) is 11.8 Å². The third kappa shape index (κ3) is 3.15. The first-order valence-electron chi connectivity index (χ1n) is 5.40. The van der Waals surface area contributed by atoms with Gasteiger partial charge in [0, 0.05) is 19.6 Å². The van der Waals surface area contributed by atoms with Gasteiger partial charge in [-0.05, 0) is 18.6 Å². The summed E-state index contributed by atoms with van der Waals surface area (Å²) in [5, 5.41) is 0. The van der Waals surface area contributed by atoms with Crippen molar-refractivity contribution in [3.8, 4) is 0 Å². The van der Waals surface area contributed by atoms with Gasteiger partial charge in [-0.15, -0.1) is 6.58 Å². The quantitative estimate of drug-likeness (QED) is 0.774. The average molecular weight is 254 g/mol. The summed E-state index contributed by atoms with van der Waals surface area (Å²) in [5.74, 6) is 0. The summed E-state index contributed by atoms with van der Waals surface area (Å²) >= 11 is 0. The summed E-state index contributed by atoms with van der Waals surface area (Å²) in [6, 6.07) is 6.92. The summed E-state index contributed by atoms with van der Waals surface area (Å²) in [6.45, 7) is 6.20. The van der Waals surface area contributed by atoms with Crippen molar-refractivity contribution < 1.29 is 8.42 Å². The van der Waals surface area contributed by atoms with E-state index in [4.69, 9.17) is 5.73 Å². The van der Waals surface area contributed by atoms with Gasteiger partial charge < -0.3 is 5.73 Å². The molecule has 1 rings (SSSR count). The highest BCUT2D eigenvalue weighted by Crippen LogP contribution is 2.18. The van der Waals surface area contributed by atoms with E-state index in [0.717, 1.165) is 5.56 Å². The Bertz CT molecular complexity index is 483. The second-order valence-corrected chi connectivity index (χ2v) is 5.61. The van der Waals surface area contributed by atoms with Crippen LogP contribution >= 0.6 is 0 Å². The largest absolute Gasteiger partial charge is 0.329 e. The molecule has 0 unspecified atom stereocenters. The van der Waals surface area contributed by atoms with E-state index in [2.05, 4.69) is 6.58 Å². The van der Waals surface area contributed by atoms with Crippen LogP contribution in [0.15, 0.2) is 41.8 Å². The molecule has 0 aliphatic carbocycles. The molecular formula is C12H18N2O2S. The minimum atomic E-state index is -3.47. The maximum atomic E-state index is 12.4. The number of hydrogen-bond acceptors (Lipinski definition) is 3. The van der Waals surface area contributed by atoms with Crippen LogP contribution in [0.5, 0.6) is 0 Å². The first kappa shape index (κ1) is 13.9. The smallest absolute Gasteiger partial charge is 0.243 e. The highest BCUT2D eigenvalue weighted by Gasteiger charge is 2.23. The maximum absolute atomic E-state index is 12.4. The summed E-state index contributed by atoms with van der Waals surface area (Å²) in [6.07, 6.45) is 1.56. The van der Waals surface area contributed by atoms with Crippen LogP contribution in [-0.4, -0.2) is 32.4 Å². The second kappa shape index (κ2) is 5.95. The number of nitrogens with two attached hydrogens (primary N) is 1. The standard InChI is InChI=1S/C12H18N2O2S/c1-3-9-14(10-8-13)17(15,16)12-7-5-4-6-11(12)2/h3-7H,1,8-10,13H2,2H3. The van der Waals surface area contributed by atoms with E-state index in [0.29, 0.717) is 18.0 Å². The van der Waals surface area contributed by atoms with Gasteiger partial charge in [0.05, 0.1) is 4.90 Å². The number of benzene rings is 1. The lowest BCUT2D eigenvalue weighted by Gasteiger charge is -2.20. The van der Waals surface area contributed by atoms with Gasteiger partial charge in [-0.25, -0.2) is 8.42 Å². The minimum Gasteiger partial charge on any atom is -0.329 e. The molecule has 0 fully saturated rings. The van der Waals surface area contributed by atoms with Crippen molar-refractivity contribution in [1.29, 1.82) is 0 Å². The number of aryl methyl sites for hydroxylation is 1. The second-order valence-electron chi connectivity index (χ2n) is 3.71. The number of hydrogen-bond donors (Lipinski definition) is 1. The van der Waals surface area contributed by atoms with Crippen LogP contribution in [0.2, 0.25) is 0 Å². The summed E-state index contributed by atoms with van der Waals surface area (Å²) in [5.41, 5.74) is 6.17. The van der Waals surface area contributed by atoms with Crippen molar-refractivity contribution >= 4 is 10.0 Å². The molecule has 0 atom stereocenters. The van der Waals surface area contributed by atoms with Crippen molar-refractivity contribution in [2.75, 3.05) is 19.6 Å². The Morgan fingerprint density at radius 2 is 2.06 bits per heavy atom. The first-order valence-corrected chi connectivity index (χ1v) is 6.84. The third-order valence-corrected chi connectivity index (χ3v) is 4.45. The van der Waals surface area contributed by atoms with E-state index in [9.17, 15) is 8.42 Å². The molecule has 0 amide bonds. The van der Waals surface area contributed by atoms with Gasteiger partial charge in [-0.3, -0.25) is 0 Å². The molecule has 0 aliphatic heterocycles. The Hall–Kier alpha value is -1.17. The Kier molecular flexibility index (Phi) is 4.86. The Balaban J connectivity index is 3.16. The lowest BCUT2D eigenvalue weighted by atomic mass is 10.2. The Morgan fingerprint density at radius 1 is 1.41 bits per heavy atom. The maximum Gasteiger partial charge on any atom is 0.243 e. The van der Waals surface area contributed by atoms with Crippen molar-refractivity contribution in [3.63, 3.8) is 0 Å². The van der Waals surface area contributed by atoms with E-state index in [1.165, 1.54) is 4.31 Å². The molecule has 0 bridgehead atoms. The van der Waals surface area contributed by atoms with E-state index in [1.807, 2.05) is 6.07 Å². The highest BCUT2D eigenvalue weighted by atomic mass is 32.2. The van der Waals surface area contributed by atoms with Gasteiger partial charge in [0.15, 0.2) is 0 Å². The minimum absolute atomic E-state index is 0.272. The third-order valence-electron chi connectivity index (χ3n) is 2.42. The van der Waals surface area contributed by atoms with Crippen molar-refractivity contribution in [2.24, 2.45) is 5.73 Å². The lowest BCUT2D eigenvalue weighted by Crippen LogP contribution is -2.35. The average Bonchev–Trinajstić information content (AvgIpc) is 2.29. The van der Waals surface area contributed by atoms with Gasteiger partial charge in [0.2, 0.25) is 10.0 Å². The van der Waals surface area contributed by atoms with Crippen LogP contribution in [0.3, 0.4) is 0 Å². The fourth-order valence-corrected chi connectivity index (χ4v) is 3.23. The zero-order valence-electron chi connectivity index (χ0n) is 9.96. The summed E-state index contributed by atoms with van der Waals surface area (Å²) in [7, 11) is -3.47. The Labute approximate surface area is 103 Å². The van der Waals surface area contributed by atoms with Crippen LogP contribution in [-0.2, 0) is 10.0 Å². The fourth-order valence-electron chi connectivity index (χ4n) is 1.58. The van der Waals surface area contributed by atoms with Gasteiger partial charge in [-0.1, -0.05) is 24.3 Å². The van der Waals surface area contributed by atoms with Crippen LogP contribution in [0.25, 0.3) is 0 Å².